The van der Waals surface area contributed by atoms with Gasteiger partial charge in [-0.1, -0.05) is 24.3 Å². The number of halogens is 2. The lowest BCUT2D eigenvalue weighted by molar-refractivity contribution is 0.616. The first-order chi connectivity index (χ1) is 12.6. The summed E-state index contributed by atoms with van der Waals surface area (Å²) in [5.74, 6) is 0.503. The fraction of sp³-hybridized carbons (Fsp3) is 0.0500. The molecule has 2 heterocycles. The van der Waals surface area contributed by atoms with Gasteiger partial charge in [-0.3, -0.25) is 0 Å². The third-order valence-electron chi connectivity index (χ3n) is 3.85. The first kappa shape index (κ1) is 17.1. The Balaban J connectivity index is 1.74. The molecule has 6 heteroatoms. The van der Waals surface area contributed by atoms with E-state index in [1.54, 1.807) is 0 Å². The standard InChI is InChI=1S/C20H13Br2N3O/c1-12(23-19-13(21)6-4-7-14(19)22)15-9-5-10-17(24-15)20-25-16-8-2-3-11-18(16)26-20/h2-11H,1H3. The molecule has 0 bridgehead atoms. The van der Waals surface area contributed by atoms with Crippen LogP contribution in [0.25, 0.3) is 22.7 Å². The van der Waals surface area contributed by atoms with E-state index in [0.717, 1.165) is 37.1 Å². The van der Waals surface area contributed by atoms with Crippen molar-refractivity contribution in [2.75, 3.05) is 0 Å². The van der Waals surface area contributed by atoms with Gasteiger partial charge in [-0.25, -0.2) is 15.0 Å². The van der Waals surface area contributed by atoms with Crippen molar-refractivity contribution in [1.29, 1.82) is 0 Å². The zero-order valence-corrected chi connectivity index (χ0v) is 17.0. The Morgan fingerprint density at radius 2 is 1.62 bits per heavy atom. The molecule has 0 unspecified atom stereocenters. The first-order valence-corrected chi connectivity index (χ1v) is 9.53. The third kappa shape index (κ3) is 3.34. The van der Waals surface area contributed by atoms with E-state index in [4.69, 9.17) is 9.41 Å². The Morgan fingerprint density at radius 1 is 0.885 bits per heavy atom. The lowest BCUT2D eigenvalue weighted by Crippen LogP contribution is -1.99. The maximum Gasteiger partial charge on any atom is 0.246 e. The molecular formula is C20H13Br2N3O. The SMILES string of the molecule is CC(=Nc1c(Br)cccc1Br)c1cccc(-c2nc3ccccc3o2)n1. The van der Waals surface area contributed by atoms with Crippen molar-refractivity contribution in [3.8, 4) is 11.6 Å². The molecule has 0 amide bonds. The number of hydrogen-bond donors (Lipinski definition) is 0. The third-order valence-corrected chi connectivity index (χ3v) is 5.13. The number of rotatable bonds is 3. The van der Waals surface area contributed by atoms with Crippen molar-refractivity contribution in [2.24, 2.45) is 4.99 Å². The van der Waals surface area contributed by atoms with Gasteiger partial charge in [0, 0.05) is 8.95 Å². The van der Waals surface area contributed by atoms with Crippen LogP contribution >= 0.6 is 31.9 Å². The van der Waals surface area contributed by atoms with Crippen molar-refractivity contribution in [1.82, 2.24) is 9.97 Å². The van der Waals surface area contributed by atoms with E-state index < -0.39 is 0 Å². The average molecular weight is 471 g/mol. The minimum Gasteiger partial charge on any atom is -0.435 e. The molecule has 0 aliphatic carbocycles. The quantitative estimate of drug-likeness (QED) is 0.319. The lowest BCUT2D eigenvalue weighted by atomic mass is 10.2. The van der Waals surface area contributed by atoms with Gasteiger partial charge < -0.3 is 4.42 Å². The fourth-order valence-corrected chi connectivity index (χ4v) is 3.73. The van der Waals surface area contributed by atoms with Crippen molar-refractivity contribution in [3.05, 3.63) is 75.3 Å². The van der Waals surface area contributed by atoms with Gasteiger partial charge in [0.05, 0.1) is 17.1 Å². The van der Waals surface area contributed by atoms with Crippen molar-refractivity contribution >= 4 is 54.4 Å². The highest BCUT2D eigenvalue weighted by Crippen LogP contribution is 2.33. The molecule has 0 N–H and O–H groups in total. The number of fused-ring (bicyclic) bond motifs is 1. The molecule has 0 saturated carbocycles. The van der Waals surface area contributed by atoms with Crippen LogP contribution in [0.15, 0.2) is 79.0 Å². The summed E-state index contributed by atoms with van der Waals surface area (Å²) in [5, 5.41) is 0. The predicted molar refractivity (Wildman–Crippen MR) is 111 cm³/mol. The largest absolute Gasteiger partial charge is 0.435 e. The smallest absolute Gasteiger partial charge is 0.246 e. The van der Waals surface area contributed by atoms with Gasteiger partial charge >= 0.3 is 0 Å². The molecule has 0 radical (unpaired) electrons. The van der Waals surface area contributed by atoms with Crippen LogP contribution in [-0.4, -0.2) is 15.7 Å². The summed E-state index contributed by atoms with van der Waals surface area (Å²) in [6.45, 7) is 1.93. The molecule has 0 spiro atoms. The van der Waals surface area contributed by atoms with Gasteiger partial charge in [0.1, 0.15) is 11.2 Å². The van der Waals surface area contributed by atoms with Crippen molar-refractivity contribution in [2.45, 2.75) is 6.92 Å². The highest BCUT2D eigenvalue weighted by atomic mass is 79.9. The van der Waals surface area contributed by atoms with Crippen LogP contribution in [0.4, 0.5) is 5.69 Å². The van der Waals surface area contributed by atoms with Crippen LogP contribution < -0.4 is 0 Å². The number of benzene rings is 2. The van der Waals surface area contributed by atoms with E-state index >= 15 is 0 Å². The molecule has 0 aliphatic rings. The van der Waals surface area contributed by atoms with E-state index in [9.17, 15) is 0 Å². The van der Waals surface area contributed by atoms with Crippen LogP contribution in [0.1, 0.15) is 12.6 Å². The van der Waals surface area contributed by atoms with E-state index in [2.05, 4.69) is 41.8 Å². The van der Waals surface area contributed by atoms with Crippen LogP contribution in [0.5, 0.6) is 0 Å². The van der Waals surface area contributed by atoms with Crippen molar-refractivity contribution in [3.63, 3.8) is 0 Å². The Morgan fingerprint density at radius 3 is 2.38 bits per heavy atom. The van der Waals surface area contributed by atoms with Crippen LogP contribution in [0.2, 0.25) is 0 Å². The molecule has 0 saturated heterocycles. The molecular weight excluding hydrogens is 458 g/mol. The normalized spacial score (nSPS) is 11.9. The maximum absolute atomic E-state index is 5.82. The summed E-state index contributed by atoms with van der Waals surface area (Å²) < 4.78 is 7.65. The van der Waals surface area contributed by atoms with Gasteiger partial charge in [0.25, 0.3) is 0 Å². The number of oxazole rings is 1. The zero-order valence-electron chi connectivity index (χ0n) is 13.8. The number of nitrogens with zero attached hydrogens (tertiary/aromatic N) is 3. The molecule has 26 heavy (non-hydrogen) atoms. The zero-order chi connectivity index (χ0) is 18.1. The van der Waals surface area contributed by atoms with Gasteiger partial charge in [-0.15, -0.1) is 0 Å². The summed E-state index contributed by atoms with van der Waals surface area (Å²) in [6.07, 6.45) is 0. The molecule has 0 atom stereocenters. The van der Waals surface area contributed by atoms with Gasteiger partial charge in [-0.2, -0.15) is 0 Å². The second kappa shape index (κ2) is 7.13. The topological polar surface area (TPSA) is 51.3 Å². The number of aliphatic imine (C=N–C) groups is 1. The number of aromatic nitrogens is 2. The number of para-hydroxylation sites is 3. The van der Waals surface area contributed by atoms with E-state index in [-0.39, 0.29) is 0 Å². The number of hydrogen-bond acceptors (Lipinski definition) is 4. The van der Waals surface area contributed by atoms with Gasteiger partial charge in [-0.05, 0) is 75.2 Å². The molecule has 128 valence electrons. The van der Waals surface area contributed by atoms with Crippen LogP contribution in [-0.2, 0) is 0 Å². The predicted octanol–water partition coefficient (Wildman–Crippen LogP) is 6.56. The molecule has 4 nitrogen and oxygen atoms in total. The highest BCUT2D eigenvalue weighted by molar-refractivity contribution is 9.11. The minimum absolute atomic E-state index is 0.503. The molecule has 2 aromatic carbocycles. The molecule has 2 aromatic heterocycles. The van der Waals surface area contributed by atoms with Crippen molar-refractivity contribution < 1.29 is 4.42 Å². The Hall–Kier alpha value is -2.31. The molecule has 4 aromatic rings. The first-order valence-electron chi connectivity index (χ1n) is 7.94. The van der Waals surface area contributed by atoms with Crippen LogP contribution in [0, 0.1) is 0 Å². The molecule has 0 aliphatic heterocycles. The minimum atomic E-state index is 0.503. The second-order valence-electron chi connectivity index (χ2n) is 5.66. The monoisotopic (exact) mass is 469 g/mol. The van der Waals surface area contributed by atoms with Gasteiger partial charge in [0.2, 0.25) is 5.89 Å². The lowest BCUT2D eigenvalue weighted by Gasteiger charge is -2.05. The summed E-state index contributed by atoms with van der Waals surface area (Å²) >= 11 is 7.07. The van der Waals surface area contributed by atoms with E-state index in [1.807, 2.05) is 67.6 Å². The highest BCUT2D eigenvalue weighted by Gasteiger charge is 2.11. The summed E-state index contributed by atoms with van der Waals surface area (Å²) in [7, 11) is 0. The second-order valence-corrected chi connectivity index (χ2v) is 7.37. The average Bonchev–Trinajstić information content (AvgIpc) is 3.09. The maximum atomic E-state index is 5.82. The Kier molecular flexibility index (Phi) is 4.70. The molecule has 0 fully saturated rings. The summed E-state index contributed by atoms with van der Waals surface area (Å²) in [6, 6.07) is 19.3. The van der Waals surface area contributed by atoms with Gasteiger partial charge in [0.15, 0.2) is 5.58 Å². The summed E-state index contributed by atoms with van der Waals surface area (Å²) in [4.78, 5) is 13.9. The summed E-state index contributed by atoms with van der Waals surface area (Å²) in [5.41, 5.74) is 4.65. The van der Waals surface area contributed by atoms with E-state index in [0.29, 0.717) is 11.6 Å². The molecule has 4 rings (SSSR count). The Bertz CT molecular complexity index is 1080. The van der Waals surface area contributed by atoms with E-state index in [1.165, 1.54) is 0 Å². The number of pyridine rings is 1. The Labute approximate surface area is 167 Å². The fourth-order valence-electron chi connectivity index (χ4n) is 2.56. The van der Waals surface area contributed by atoms with Crippen LogP contribution in [0.3, 0.4) is 0 Å².